The molecule has 9 heteroatoms. The molecule has 1 aliphatic rings. The van der Waals surface area contributed by atoms with E-state index in [0.717, 1.165) is 5.56 Å². The molecule has 1 saturated heterocycles. The molecule has 0 aliphatic carbocycles. The lowest BCUT2D eigenvalue weighted by Crippen LogP contribution is -2.51. The van der Waals surface area contributed by atoms with Gasteiger partial charge in [0.15, 0.2) is 0 Å². The third kappa shape index (κ3) is 4.49. The summed E-state index contributed by atoms with van der Waals surface area (Å²) in [6.07, 6.45) is 2.79. The lowest BCUT2D eigenvalue weighted by atomic mass is 10.0. The molecule has 1 aliphatic heterocycles. The van der Waals surface area contributed by atoms with Crippen molar-refractivity contribution in [1.29, 1.82) is 0 Å². The summed E-state index contributed by atoms with van der Waals surface area (Å²) in [7, 11) is 1.55. The number of hydrogen-bond donors (Lipinski definition) is 1. The fraction of sp³-hybridized carbons (Fsp3) is 0.286. The van der Waals surface area contributed by atoms with Gasteiger partial charge in [-0.25, -0.2) is 4.98 Å². The fourth-order valence-corrected chi connectivity index (χ4v) is 3.69. The maximum Gasteiger partial charge on any atom is 0.251 e. The Morgan fingerprint density at radius 3 is 2.67 bits per heavy atom. The predicted molar refractivity (Wildman–Crippen MR) is 113 cm³/mol. The number of nitrogens with zero attached hydrogens (tertiary/aromatic N) is 4. The molecule has 2 aromatic heterocycles. The summed E-state index contributed by atoms with van der Waals surface area (Å²) in [5.41, 5.74) is 2.12. The Kier molecular flexibility index (Phi) is 6.47. The van der Waals surface area contributed by atoms with Crippen LogP contribution in [0.15, 0.2) is 43.1 Å². The van der Waals surface area contributed by atoms with Crippen LogP contribution in [0.2, 0.25) is 5.15 Å². The van der Waals surface area contributed by atoms with E-state index in [4.69, 9.17) is 11.6 Å². The van der Waals surface area contributed by atoms with Crippen LogP contribution in [0.25, 0.3) is 11.4 Å². The van der Waals surface area contributed by atoms with Crippen LogP contribution in [0, 0.1) is 0 Å². The molecule has 3 heterocycles. The SMILES string of the molecule is C=CC(=O)N1CCN(C(C)=O)[C@@H](c2cc(Cl)nc(-c3cc(C(=O)NC)ccn3)c2)C1. The van der Waals surface area contributed by atoms with E-state index in [9.17, 15) is 14.4 Å². The second kappa shape index (κ2) is 9.04. The molecule has 8 nitrogen and oxygen atoms in total. The average molecular weight is 428 g/mol. The molecule has 30 heavy (non-hydrogen) atoms. The zero-order valence-electron chi connectivity index (χ0n) is 16.8. The van der Waals surface area contributed by atoms with E-state index in [1.165, 1.54) is 19.2 Å². The van der Waals surface area contributed by atoms with Gasteiger partial charge in [0.1, 0.15) is 5.15 Å². The van der Waals surface area contributed by atoms with Crippen LogP contribution in [0.5, 0.6) is 0 Å². The van der Waals surface area contributed by atoms with Crippen molar-refractivity contribution >= 4 is 29.3 Å². The molecule has 0 spiro atoms. The standard InChI is InChI=1S/C21H22ClN5O3/c1-4-20(29)26-7-8-27(13(2)28)18(12-26)15-10-17(25-19(22)11-15)16-9-14(5-6-24-16)21(30)23-3/h4-6,9-11,18H,1,7-8,12H2,2-3H3,(H,23,30)/t18-/m1/s1. The summed E-state index contributed by atoms with van der Waals surface area (Å²) in [4.78, 5) is 48.3. The van der Waals surface area contributed by atoms with Gasteiger partial charge in [-0.15, -0.1) is 0 Å². The molecule has 156 valence electrons. The van der Waals surface area contributed by atoms with Crippen molar-refractivity contribution in [3.63, 3.8) is 0 Å². The molecule has 0 radical (unpaired) electrons. The van der Waals surface area contributed by atoms with E-state index < -0.39 is 0 Å². The Labute approximate surface area is 179 Å². The first-order chi connectivity index (χ1) is 14.3. The molecule has 2 aromatic rings. The van der Waals surface area contributed by atoms with Gasteiger partial charge in [0.25, 0.3) is 5.91 Å². The third-order valence-corrected chi connectivity index (χ3v) is 5.18. The number of carbonyl (C=O) groups excluding carboxylic acids is 3. The molecule has 0 bridgehead atoms. The zero-order chi connectivity index (χ0) is 21.8. The Bertz CT molecular complexity index is 1010. The lowest BCUT2D eigenvalue weighted by molar-refractivity contribution is -0.139. The minimum absolute atomic E-state index is 0.0973. The van der Waals surface area contributed by atoms with Crippen LogP contribution in [0.3, 0.4) is 0 Å². The molecule has 3 amide bonds. The first-order valence-corrected chi connectivity index (χ1v) is 9.76. The van der Waals surface area contributed by atoms with Crippen molar-refractivity contribution in [1.82, 2.24) is 25.1 Å². The summed E-state index contributed by atoms with van der Waals surface area (Å²) in [5.74, 6) is -0.530. The number of rotatable bonds is 4. The van der Waals surface area contributed by atoms with Gasteiger partial charge in [0.05, 0.1) is 17.4 Å². The van der Waals surface area contributed by atoms with Crippen molar-refractivity contribution in [2.24, 2.45) is 0 Å². The van der Waals surface area contributed by atoms with Gasteiger partial charge in [0, 0.05) is 45.4 Å². The maximum atomic E-state index is 12.2. The smallest absolute Gasteiger partial charge is 0.251 e. The first kappa shape index (κ1) is 21.4. The normalized spacial score (nSPS) is 16.2. The third-order valence-electron chi connectivity index (χ3n) is 4.98. The van der Waals surface area contributed by atoms with Crippen LogP contribution in [0.4, 0.5) is 0 Å². The van der Waals surface area contributed by atoms with Crippen LogP contribution < -0.4 is 5.32 Å². The number of nitrogens with one attached hydrogen (secondary N) is 1. The second-order valence-corrected chi connectivity index (χ2v) is 7.22. The highest BCUT2D eigenvalue weighted by Gasteiger charge is 2.32. The van der Waals surface area contributed by atoms with E-state index in [1.54, 1.807) is 41.1 Å². The van der Waals surface area contributed by atoms with Gasteiger partial charge in [0.2, 0.25) is 11.8 Å². The number of hydrogen-bond acceptors (Lipinski definition) is 5. The van der Waals surface area contributed by atoms with Crippen LogP contribution in [-0.2, 0) is 9.59 Å². The highest BCUT2D eigenvalue weighted by atomic mass is 35.5. The van der Waals surface area contributed by atoms with E-state index in [0.29, 0.717) is 36.6 Å². The number of carbonyl (C=O) groups is 3. The summed E-state index contributed by atoms with van der Waals surface area (Å²) in [6, 6.07) is 6.30. The minimum Gasteiger partial charge on any atom is -0.355 e. The lowest BCUT2D eigenvalue weighted by Gasteiger charge is -2.41. The quantitative estimate of drug-likeness (QED) is 0.595. The molecule has 0 saturated carbocycles. The fourth-order valence-electron chi connectivity index (χ4n) is 3.47. The highest BCUT2D eigenvalue weighted by Crippen LogP contribution is 2.30. The predicted octanol–water partition coefficient (Wildman–Crippen LogP) is 2.07. The highest BCUT2D eigenvalue weighted by molar-refractivity contribution is 6.29. The van der Waals surface area contributed by atoms with Crippen LogP contribution in [0.1, 0.15) is 28.9 Å². The van der Waals surface area contributed by atoms with E-state index in [1.807, 2.05) is 0 Å². The van der Waals surface area contributed by atoms with Crippen molar-refractivity contribution in [3.05, 3.63) is 59.4 Å². The Hall–Kier alpha value is -3.26. The van der Waals surface area contributed by atoms with Gasteiger partial charge >= 0.3 is 0 Å². The molecule has 1 atom stereocenters. The monoisotopic (exact) mass is 427 g/mol. The van der Waals surface area contributed by atoms with E-state index in [-0.39, 0.29) is 28.9 Å². The number of pyridine rings is 2. The van der Waals surface area contributed by atoms with Gasteiger partial charge in [-0.3, -0.25) is 19.4 Å². The average Bonchev–Trinajstić information content (AvgIpc) is 2.77. The minimum atomic E-state index is -0.387. The molecular formula is C21H22ClN5O3. The molecule has 1 fully saturated rings. The number of amides is 3. The van der Waals surface area contributed by atoms with Gasteiger partial charge in [-0.05, 0) is 35.9 Å². The Balaban J connectivity index is 2.02. The largest absolute Gasteiger partial charge is 0.355 e. The molecule has 0 unspecified atom stereocenters. The molecular weight excluding hydrogens is 406 g/mol. The van der Waals surface area contributed by atoms with Crippen molar-refractivity contribution in [2.45, 2.75) is 13.0 Å². The summed E-state index contributed by atoms with van der Waals surface area (Å²) < 4.78 is 0. The number of halogens is 1. The topological polar surface area (TPSA) is 95.5 Å². The molecule has 0 aromatic carbocycles. The van der Waals surface area contributed by atoms with E-state index in [2.05, 4.69) is 21.9 Å². The zero-order valence-corrected chi connectivity index (χ0v) is 17.5. The summed E-state index contributed by atoms with van der Waals surface area (Å²) >= 11 is 6.28. The second-order valence-electron chi connectivity index (χ2n) is 6.83. The number of aromatic nitrogens is 2. The Morgan fingerprint density at radius 1 is 1.23 bits per heavy atom. The van der Waals surface area contributed by atoms with E-state index >= 15 is 0 Å². The Morgan fingerprint density at radius 2 is 2.00 bits per heavy atom. The van der Waals surface area contributed by atoms with Crippen molar-refractivity contribution < 1.29 is 14.4 Å². The van der Waals surface area contributed by atoms with Gasteiger partial charge in [-0.1, -0.05) is 18.2 Å². The van der Waals surface area contributed by atoms with Crippen molar-refractivity contribution in [3.8, 4) is 11.4 Å². The number of piperazine rings is 1. The van der Waals surface area contributed by atoms with Gasteiger partial charge in [-0.2, -0.15) is 0 Å². The van der Waals surface area contributed by atoms with Crippen molar-refractivity contribution in [2.75, 3.05) is 26.7 Å². The van der Waals surface area contributed by atoms with Crippen LogP contribution in [-0.4, -0.2) is 64.2 Å². The van der Waals surface area contributed by atoms with Gasteiger partial charge < -0.3 is 15.1 Å². The molecule has 3 rings (SSSR count). The molecule has 1 N–H and O–H groups in total. The van der Waals surface area contributed by atoms with Crippen LogP contribution >= 0.6 is 11.6 Å². The first-order valence-electron chi connectivity index (χ1n) is 9.38. The maximum absolute atomic E-state index is 12.2. The summed E-state index contributed by atoms with van der Waals surface area (Å²) in [6.45, 7) is 6.19. The summed E-state index contributed by atoms with van der Waals surface area (Å²) in [5, 5.41) is 2.80.